The van der Waals surface area contributed by atoms with E-state index in [4.69, 9.17) is 14.5 Å². The Kier molecular flexibility index (Phi) is 10.1. The first-order valence-electron chi connectivity index (χ1n) is 12.3. The van der Waals surface area contributed by atoms with E-state index in [-0.39, 0.29) is 6.10 Å². The van der Waals surface area contributed by atoms with Crippen LogP contribution >= 0.6 is 0 Å². The molecule has 2 heterocycles. The number of nitrogens with one attached hydrogen (secondary N) is 2. The highest BCUT2D eigenvalue weighted by Crippen LogP contribution is 2.23. The molecule has 2 N–H and O–H groups in total. The van der Waals surface area contributed by atoms with Gasteiger partial charge in [0, 0.05) is 44.8 Å². The number of benzene rings is 1. The van der Waals surface area contributed by atoms with E-state index in [1.54, 1.807) is 0 Å². The molecule has 1 atom stereocenters. The second kappa shape index (κ2) is 13.3. The average molecular weight is 445 g/mol. The van der Waals surface area contributed by atoms with Crippen molar-refractivity contribution in [3.05, 3.63) is 29.3 Å². The number of carbonyl (C=O) groups is 1. The van der Waals surface area contributed by atoms with E-state index in [1.807, 2.05) is 4.90 Å². The first-order chi connectivity index (χ1) is 15.7. The van der Waals surface area contributed by atoms with Crippen LogP contribution in [0.15, 0.2) is 23.2 Å². The molecule has 1 unspecified atom stereocenters. The van der Waals surface area contributed by atoms with Gasteiger partial charge in [-0.3, -0.25) is 4.79 Å². The van der Waals surface area contributed by atoms with Gasteiger partial charge in [0.25, 0.3) is 0 Å². The predicted molar refractivity (Wildman–Crippen MR) is 128 cm³/mol. The van der Waals surface area contributed by atoms with Gasteiger partial charge in [-0.15, -0.1) is 0 Å². The van der Waals surface area contributed by atoms with E-state index in [0.717, 1.165) is 88.6 Å². The minimum absolute atomic E-state index is 0.196. The van der Waals surface area contributed by atoms with Gasteiger partial charge in [-0.05, 0) is 57.6 Å². The minimum atomic E-state index is 0.196. The monoisotopic (exact) mass is 444 g/mol. The van der Waals surface area contributed by atoms with Crippen molar-refractivity contribution < 1.29 is 14.3 Å². The molecule has 2 aliphatic rings. The summed E-state index contributed by atoms with van der Waals surface area (Å²) in [6, 6.07) is 6.28. The lowest BCUT2D eigenvalue weighted by atomic mass is 10.1. The van der Waals surface area contributed by atoms with E-state index >= 15 is 0 Å². The molecule has 0 aromatic heterocycles. The summed E-state index contributed by atoms with van der Waals surface area (Å²) in [4.78, 5) is 18.9. The molecule has 0 radical (unpaired) electrons. The van der Waals surface area contributed by atoms with Gasteiger partial charge >= 0.3 is 0 Å². The number of hydrogen-bond acceptors (Lipinski definition) is 4. The number of aryl methyl sites for hydroxylation is 1. The molecule has 32 heavy (non-hydrogen) atoms. The maximum Gasteiger partial charge on any atom is 0.222 e. The van der Waals surface area contributed by atoms with Crippen LogP contribution in [0.25, 0.3) is 0 Å². The summed E-state index contributed by atoms with van der Waals surface area (Å²) in [5.74, 6) is 1.98. The van der Waals surface area contributed by atoms with Gasteiger partial charge in [0.05, 0.1) is 12.6 Å². The molecular formula is C25H40N4O3. The zero-order chi connectivity index (χ0) is 22.6. The molecule has 1 aromatic rings. The van der Waals surface area contributed by atoms with Crippen LogP contribution < -0.4 is 15.4 Å². The lowest BCUT2D eigenvalue weighted by Gasteiger charge is -2.21. The SMILES string of the molecule is CCNC(=NCc1ccc(C)cc1OCC1CCCO1)NCCCN1CCCCCC1=O. The van der Waals surface area contributed by atoms with Crippen molar-refractivity contribution in [3.63, 3.8) is 0 Å². The van der Waals surface area contributed by atoms with E-state index in [9.17, 15) is 4.79 Å². The zero-order valence-corrected chi connectivity index (χ0v) is 19.8. The maximum absolute atomic E-state index is 12.1. The summed E-state index contributed by atoms with van der Waals surface area (Å²) >= 11 is 0. The highest BCUT2D eigenvalue weighted by atomic mass is 16.5. The Morgan fingerprint density at radius 3 is 2.97 bits per heavy atom. The van der Waals surface area contributed by atoms with Gasteiger partial charge in [-0.1, -0.05) is 18.6 Å². The summed E-state index contributed by atoms with van der Waals surface area (Å²) in [5.41, 5.74) is 2.24. The average Bonchev–Trinajstić information content (AvgIpc) is 3.23. The topological polar surface area (TPSA) is 75.2 Å². The molecule has 3 rings (SSSR count). The van der Waals surface area contributed by atoms with E-state index in [1.165, 1.54) is 5.56 Å². The molecule has 2 saturated heterocycles. The highest BCUT2D eigenvalue weighted by molar-refractivity contribution is 5.79. The van der Waals surface area contributed by atoms with E-state index < -0.39 is 0 Å². The summed E-state index contributed by atoms with van der Waals surface area (Å²) in [5, 5.41) is 6.72. The Bertz CT molecular complexity index is 747. The Balaban J connectivity index is 1.50. The van der Waals surface area contributed by atoms with Crippen LogP contribution in [0, 0.1) is 6.92 Å². The van der Waals surface area contributed by atoms with Gasteiger partial charge in [0.2, 0.25) is 5.91 Å². The zero-order valence-electron chi connectivity index (χ0n) is 19.8. The summed E-state index contributed by atoms with van der Waals surface area (Å²) < 4.78 is 11.8. The first kappa shape index (κ1) is 24.4. The molecule has 1 amide bonds. The van der Waals surface area contributed by atoms with Crippen molar-refractivity contribution in [2.45, 2.75) is 71.4 Å². The Morgan fingerprint density at radius 2 is 2.16 bits per heavy atom. The molecule has 178 valence electrons. The number of carbonyl (C=O) groups excluding carboxylic acids is 1. The third-order valence-corrected chi connectivity index (χ3v) is 5.99. The minimum Gasteiger partial charge on any atom is -0.491 e. The lowest BCUT2D eigenvalue weighted by Crippen LogP contribution is -2.39. The fourth-order valence-electron chi connectivity index (χ4n) is 4.14. The van der Waals surface area contributed by atoms with Crippen LogP contribution in [0.5, 0.6) is 5.75 Å². The van der Waals surface area contributed by atoms with Crippen LogP contribution in [-0.2, 0) is 16.1 Å². The van der Waals surface area contributed by atoms with Crippen molar-refractivity contribution in [3.8, 4) is 5.75 Å². The van der Waals surface area contributed by atoms with Gasteiger partial charge in [0.1, 0.15) is 12.4 Å². The van der Waals surface area contributed by atoms with Crippen molar-refractivity contribution >= 4 is 11.9 Å². The van der Waals surface area contributed by atoms with Crippen LogP contribution in [0.3, 0.4) is 0 Å². The Labute approximate surface area is 192 Å². The molecule has 7 nitrogen and oxygen atoms in total. The van der Waals surface area contributed by atoms with Crippen molar-refractivity contribution in [2.75, 3.05) is 39.4 Å². The number of nitrogens with zero attached hydrogens (tertiary/aromatic N) is 2. The second-order valence-electron chi connectivity index (χ2n) is 8.72. The molecule has 0 aliphatic carbocycles. The van der Waals surface area contributed by atoms with E-state index in [0.29, 0.717) is 25.5 Å². The van der Waals surface area contributed by atoms with Gasteiger partial charge < -0.3 is 25.0 Å². The fourth-order valence-corrected chi connectivity index (χ4v) is 4.14. The number of guanidine groups is 1. The van der Waals surface area contributed by atoms with Crippen molar-refractivity contribution in [1.29, 1.82) is 0 Å². The smallest absolute Gasteiger partial charge is 0.222 e. The van der Waals surface area contributed by atoms with E-state index in [2.05, 4.69) is 42.7 Å². The van der Waals surface area contributed by atoms with Crippen molar-refractivity contribution in [2.24, 2.45) is 4.99 Å². The molecule has 0 saturated carbocycles. The van der Waals surface area contributed by atoms with Crippen LogP contribution in [0.2, 0.25) is 0 Å². The molecule has 2 fully saturated rings. The van der Waals surface area contributed by atoms with Crippen LogP contribution in [0.4, 0.5) is 0 Å². The molecule has 0 bridgehead atoms. The fraction of sp³-hybridized carbons (Fsp3) is 0.680. The molecule has 1 aromatic carbocycles. The number of aliphatic imine (C=N–C) groups is 1. The third-order valence-electron chi connectivity index (χ3n) is 5.99. The predicted octanol–water partition coefficient (Wildman–Crippen LogP) is 3.40. The third kappa shape index (κ3) is 8.01. The maximum atomic E-state index is 12.1. The second-order valence-corrected chi connectivity index (χ2v) is 8.72. The standard InChI is InChI=1S/C25H40N4O3/c1-3-26-25(27-13-8-15-29-14-6-4-5-10-24(29)30)28-18-21-12-11-20(2)17-23(21)32-19-22-9-7-16-31-22/h11-12,17,22H,3-10,13-16,18-19H2,1-2H3,(H2,26,27,28). The normalized spacial score (nSPS) is 19.7. The number of amides is 1. The van der Waals surface area contributed by atoms with Crippen molar-refractivity contribution in [1.82, 2.24) is 15.5 Å². The molecular weight excluding hydrogens is 404 g/mol. The highest BCUT2D eigenvalue weighted by Gasteiger charge is 2.17. The summed E-state index contributed by atoms with van der Waals surface area (Å²) in [6.45, 7) is 9.40. The first-order valence-corrected chi connectivity index (χ1v) is 12.3. The number of rotatable bonds is 10. The molecule has 7 heteroatoms. The largest absolute Gasteiger partial charge is 0.491 e. The Hall–Kier alpha value is -2.28. The molecule has 0 spiro atoms. The number of likely N-dealkylation sites (tertiary alicyclic amines) is 1. The lowest BCUT2D eigenvalue weighted by molar-refractivity contribution is -0.130. The quantitative estimate of drug-likeness (QED) is 0.329. The van der Waals surface area contributed by atoms with Gasteiger partial charge in [0.15, 0.2) is 5.96 Å². The van der Waals surface area contributed by atoms with Gasteiger partial charge in [-0.2, -0.15) is 0 Å². The van der Waals surface area contributed by atoms with Gasteiger partial charge in [-0.25, -0.2) is 4.99 Å². The summed E-state index contributed by atoms with van der Waals surface area (Å²) in [7, 11) is 0. The van der Waals surface area contributed by atoms with Crippen LogP contribution in [-0.4, -0.2) is 62.3 Å². The Morgan fingerprint density at radius 1 is 1.25 bits per heavy atom. The number of ether oxygens (including phenoxy) is 2. The number of hydrogen-bond donors (Lipinski definition) is 2. The summed E-state index contributed by atoms with van der Waals surface area (Å²) in [6.07, 6.45) is 7.31. The van der Waals surface area contributed by atoms with Crippen LogP contribution in [0.1, 0.15) is 63.0 Å². The molecule has 2 aliphatic heterocycles.